The van der Waals surface area contributed by atoms with Crippen LogP contribution in [0, 0.1) is 11.6 Å². The van der Waals surface area contributed by atoms with Crippen LogP contribution in [0.2, 0.25) is 0 Å². The Labute approximate surface area is 153 Å². The van der Waals surface area contributed by atoms with Gasteiger partial charge in [-0.1, -0.05) is 0 Å². The molecule has 0 atom stereocenters. The number of hydrogen-bond donors (Lipinski definition) is 1. The van der Waals surface area contributed by atoms with E-state index in [9.17, 15) is 31.5 Å². The Morgan fingerprint density at radius 2 is 1.71 bits per heavy atom. The minimum absolute atomic E-state index is 0.0458. The zero-order valence-electron chi connectivity index (χ0n) is 13.8. The molecule has 5 nitrogen and oxygen atoms in total. The van der Waals surface area contributed by atoms with Gasteiger partial charge in [0.1, 0.15) is 23.0 Å². The molecular formula is C18H10F5NO4. The fourth-order valence-corrected chi connectivity index (χ4v) is 2.44. The number of ether oxygens (including phenoxy) is 1. The van der Waals surface area contributed by atoms with Crippen molar-refractivity contribution in [3.05, 3.63) is 70.1 Å². The molecule has 3 aromatic rings. The van der Waals surface area contributed by atoms with Crippen LogP contribution in [0.1, 0.15) is 5.56 Å². The van der Waals surface area contributed by atoms with Crippen molar-refractivity contribution in [1.29, 1.82) is 0 Å². The van der Waals surface area contributed by atoms with Gasteiger partial charge in [-0.15, -0.1) is 0 Å². The largest absolute Gasteiger partial charge is 0.484 e. The molecule has 3 rings (SSSR count). The maximum absolute atomic E-state index is 13.1. The molecule has 0 fully saturated rings. The summed E-state index contributed by atoms with van der Waals surface area (Å²) in [6.45, 7) is -0.604. The molecule has 1 amide bonds. The number of amides is 1. The molecule has 0 spiro atoms. The molecule has 0 aliphatic heterocycles. The molecule has 0 radical (unpaired) electrons. The second-order valence-corrected chi connectivity index (χ2v) is 5.63. The van der Waals surface area contributed by atoms with Crippen molar-refractivity contribution in [2.24, 2.45) is 0 Å². The normalized spacial score (nSPS) is 11.5. The summed E-state index contributed by atoms with van der Waals surface area (Å²) in [7, 11) is 0. The van der Waals surface area contributed by atoms with E-state index in [4.69, 9.17) is 9.15 Å². The predicted molar refractivity (Wildman–Crippen MR) is 88.0 cm³/mol. The highest BCUT2D eigenvalue weighted by Gasteiger charge is 2.33. The minimum Gasteiger partial charge on any atom is -0.484 e. The Kier molecular flexibility index (Phi) is 5.04. The molecule has 0 aliphatic carbocycles. The van der Waals surface area contributed by atoms with Gasteiger partial charge < -0.3 is 14.5 Å². The number of nitrogens with one attached hydrogen (secondary N) is 1. The third-order valence-electron chi connectivity index (χ3n) is 3.54. The summed E-state index contributed by atoms with van der Waals surface area (Å²) in [4.78, 5) is 23.2. The zero-order chi connectivity index (χ0) is 20.5. The zero-order valence-corrected chi connectivity index (χ0v) is 13.8. The van der Waals surface area contributed by atoms with E-state index in [2.05, 4.69) is 5.32 Å². The number of fused-ring (bicyclic) bond motifs is 1. The second-order valence-electron chi connectivity index (χ2n) is 5.63. The highest BCUT2D eigenvalue weighted by Crippen LogP contribution is 2.34. The van der Waals surface area contributed by atoms with Gasteiger partial charge in [0, 0.05) is 29.3 Å². The molecule has 1 N–H and O–H groups in total. The van der Waals surface area contributed by atoms with Gasteiger partial charge in [0.05, 0.1) is 5.56 Å². The molecule has 0 bridgehead atoms. The molecule has 0 saturated carbocycles. The molecule has 0 unspecified atom stereocenters. The molecule has 28 heavy (non-hydrogen) atoms. The Morgan fingerprint density at radius 3 is 2.36 bits per heavy atom. The van der Waals surface area contributed by atoms with Crippen LogP contribution >= 0.6 is 0 Å². The summed E-state index contributed by atoms with van der Waals surface area (Å²) in [5.41, 5.74) is -2.85. The van der Waals surface area contributed by atoms with Crippen LogP contribution in [0.4, 0.5) is 27.6 Å². The minimum atomic E-state index is -4.75. The number of anilines is 1. The number of carbonyl (C=O) groups excluding carboxylic acids is 1. The Balaban J connectivity index is 1.76. The van der Waals surface area contributed by atoms with Crippen molar-refractivity contribution in [1.82, 2.24) is 0 Å². The summed E-state index contributed by atoms with van der Waals surface area (Å²) in [6.07, 6.45) is -4.75. The van der Waals surface area contributed by atoms with Gasteiger partial charge in [-0.05, 0) is 24.3 Å². The van der Waals surface area contributed by atoms with E-state index in [-0.39, 0.29) is 22.4 Å². The van der Waals surface area contributed by atoms with Gasteiger partial charge in [-0.3, -0.25) is 4.79 Å². The third kappa shape index (κ3) is 4.45. The van der Waals surface area contributed by atoms with E-state index in [0.29, 0.717) is 12.1 Å². The Hall–Kier alpha value is -3.43. The smallest absolute Gasteiger partial charge is 0.417 e. The summed E-state index contributed by atoms with van der Waals surface area (Å²) in [6, 6.07) is 5.98. The summed E-state index contributed by atoms with van der Waals surface area (Å²) in [5, 5.41) is 1.85. The van der Waals surface area contributed by atoms with Crippen LogP contribution in [0.3, 0.4) is 0 Å². The number of alkyl halides is 3. The molecular weight excluding hydrogens is 389 g/mol. The average Bonchev–Trinajstić information content (AvgIpc) is 2.57. The average molecular weight is 399 g/mol. The second kappa shape index (κ2) is 7.29. The van der Waals surface area contributed by atoms with Crippen LogP contribution in [-0.2, 0) is 11.0 Å². The predicted octanol–water partition coefficient (Wildman–Crippen LogP) is 4.11. The van der Waals surface area contributed by atoms with Crippen LogP contribution < -0.4 is 15.7 Å². The Morgan fingerprint density at radius 1 is 1.04 bits per heavy atom. The summed E-state index contributed by atoms with van der Waals surface area (Å²) >= 11 is 0. The van der Waals surface area contributed by atoms with Gasteiger partial charge in [-0.2, -0.15) is 13.2 Å². The van der Waals surface area contributed by atoms with E-state index in [1.165, 1.54) is 0 Å². The number of carbonyl (C=O) groups is 1. The monoisotopic (exact) mass is 399 g/mol. The lowest BCUT2D eigenvalue weighted by atomic mass is 10.1. The van der Waals surface area contributed by atoms with Gasteiger partial charge in [0.15, 0.2) is 6.61 Å². The van der Waals surface area contributed by atoms with Crippen LogP contribution in [0.15, 0.2) is 51.7 Å². The van der Waals surface area contributed by atoms with E-state index >= 15 is 0 Å². The number of halogens is 5. The van der Waals surface area contributed by atoms with E-state index in [1.54, 1.807) is 0 Å². The van der Waals surface area contributed by atoms with Gasteiger partial charge >= 0.3 is 11.8 Å². The third-order valence-corrected chi connectivity index (χ3v) is 3.54. The first-order chi connectivity index (χ1) is 13.1. The summed E-state index contributed by atoms with van der Waals surface area (Å²) in [5.74, 6) is -2.59. The molecule has 1 heterocycles. The first kappa shape index (κ1) is 19.3. The van der Waals surface area contributed by atoms with Crippen molar-refractivity contribution in [2.75, 3.05) is 11.9 Å². The van der Waals surface area contributed by atoms with Gasteiger partial charge in [0.2, 0.25) is 0 Å². The lowest BCUT2D eigenvalue weighted by Gasteiger charge is -2.11. The topological polar surface area (TPSA) is 68.5 Å². The lowest BCUT2D eigenvalue weighted by Crippen LogP contribution is -2.20. The first-order valence-corrected chi connectivity index (χ1v) is 7.66. The van der Waals surface area contributed by atoms with Crippen LogP contribution in [0.5, 0.6) is 5.75 Å². The standard InChI is InChI=1S/C18H10F5NO4/c19-9-3-10(20)5-11(4-9)24-16(25)8-27-12-1-2-13-14(18(21,22)23)7-17(26)28-15(13)6-12/h1-7H,8H2,(H,24,25). The number of rotatable bonds is 4. The summed E-state index contributed by atoms with van der Waals surface area (Å²) < 4.78 is 75.0. The quantitative estimate of drug-likeness (QED) is 0.530. The fourth-order valence-electron chi connectivity index (χ4n) is 2.44. The molecule has 1 aromatic heterocycles. The SMILES string of the molecule is O=C(COc1ccc2c(C(F)(F)F)cc(=O)oc2c1)Nc1cc(F)cc(F)c1. The van der Waals surface area contributed by atoms with Gasteiger partial charge in [-0.25, -0.2) is 13.6 Å². The number of benzene rings is 2. The van der Waals surface area contributed by atoms with Crippen molar-refractivity contribution in [3.63, 3.8) is 0 Å². The maximum atomic E-state index is 13.1. The maximum Gasteiger partial charge on any atom is 0.417 e. The molecule has 0 saturated heterocycles. The van der Waals surface area contributed by atoms with Crippen LogP contribution in [0.25, 0.3) is 11.0 Å². The van der Waals surface area contributed by atoms with Crippen molar-refractivity contribution in [3.8, 4) is 5.75 Å². The van der Waals surface area contributed by atoms with E-state index < -0.39 is 41.5 Å². The fraction of sp³-hybridized carbons (Fsp3) is 0.111. The van der Waals surface area contributed by atoms with Crippen molar-refractivity contribution >= 4 is 22.6 Å². The molecule has 2 aromatic carbocycles. The van der Waals surface area contributed by atoms with Gasteiger partial charge in [0.25, 0.3) is 5.91 Å². The molecule has 146 valence electrons. The molecule has 10 heteroatoms. The van der Waals surface area contributed by atoms with Crippen molar-refractivity contribution < 1.29 is 35.9 Å². The Bertz CT molecular complexity index is 1090. The van der Waals surface area contributed by atoms with E-state index in [0.717, 1.165) is 30.3 Å². The van der Waals surface area contributed by atoms with Crippen LogP contribution in [-0.4, -0.2) is 12.5 Å². The first-order valence-electron chi connectivity index (χ1n) is 7.66. The van der Waals surface area contributed by atoms with E-state index in [1.807, 2.05) is 0 Å². The highest BCUT2D eigenvalue weighted by molar-refractivity contribution is 5.92. The molecule has 0 aliphatic rings. The highest BCUT2D eigenvalue weighted by atomic mass is 19.4. The number of hydrogen-bond acceptors (Lipinski definition) is 4. The lowest BCUT2D eigenvalue weighted by molar-refractivity contribution is -0.136. The van der Waals surface area contributed by atoms with Crippen molar-refractivity contribution in [2.45, 2.75) is 6.18 Å².